The van der Waals surface area contributed by atoms with E-state index < -0.39 is 16.1 Å². The molecule has 0 fully saturated rings. The molecule has 0 N–H and O–H groups in total. The normalized spacial score (nSPS) is 11.4. The lowest BCUT2D eigenvalue weighted by molar-refractivity contribution is 0.0600. The van der Waals surface area contributed by atoms with E-state index in [9.17, 15) is 13.2 Å². The summed E-state index contributed by atoms with van der Waals surface area (Å²) < 4.78 is 35.9. The minimum absolute atomic E-state index is 0.0443. The quantitative estimate of drug-likeness (QED) is 0.317. The van der Waals surface area contributed by atoms with Crippen LogP contribution in [0.4, 0.5) is 0 Å². The summed E-state index contributed by atoms with van der Waals surface area (Å²) in [5.41, 5.74) is 2.95. The second kappa shape index (κ2) is 8.97. The van der Waals surface area contributed by atoms with E-state index >= 15 is 0 Å². The van der Waals surface area contributed by atoms with Crippen molar-refractivity contribution in [1.29, 1.82) is 0 Å². The van der Waals surface area contributed by atoms with Crippen molar-refractivity contribution in [3.8, 4) is 5.69 Å². The molecule has 3 rings (SSSR count). The van der Waals surface area contributed by atoms with Crippen LogP contribution in [-0.4, -0.2) is 43.1 Å². The molecule has 0 saturated carbocycles. The van der Waals surface area contributed by atoms with Gasteiger partial charge in [0.05, 0.1) is 41.8 Å². The molecule has 0 saturated heterocycles. The average molecular weight is 415 g/mol. The van der Waals surface area contributed by atoms with Crippen LogP contribution in [0.2, 0.25) is 0 Å². The highest BCUT2D eigenvalue weighted by Crippen LogP contribution is 2.15. The van der Waals surface area contributed by atoms with Crippen LogP contribution in [0.1, 0.15) is 28.0 Å². The van der Waals surface area contributed by atoms with Crippen molar-refractivity contribution in [1.82, 2.24) is 15.0 Å². The second-order valence-electron chi connectivity index (χ2n) is 6.37. The first kappa shape index (κ1) is 20.7. The van der Waals surface area contributed by atoms with Crippen molar-refractivity contribution in [2.24, 2.45) is 0 Å². The molecule has 0 spiro atoms. The van der Waals surface area contributed by atoms with Crippen molar-refractivity contribution in [3.63, 3.8) is 0 Å². The van der Waals surface area contributed by atoms with Crippen molar-refractivity contribution in [2.75, 3.05) is 13.7 Å². The molecule has 0 radical (unpaired) electrons. The van der Waals surface area contributed by atoms with Crippen LogP contribution in [0, 0.1) is 6.92 Å². The molecule has 0 aliphatic carbocycles. The molecule has 0 atom stereocenters. The van der Waals surface area contributed by atoms with E-state index in [2.05, 4.69) is 15.0 Å². The van der Waals surface area contributed by atoms with Gasteiger partial charge in [0.2, 0.25) is 0 Å². The summed E-state index contributed by atoms with van der Waals surface area (Å²) in [5, 5.41) is 7.97. The number of benzene rings is 2. The Morgan fingerprint density at radius 2 is 1.76 bits per heavy atom. The van der Waals surface area contributed by atoms with E-state index in [1.165, 1.54) is 19.2 Å². The fraction of sp³-hybridized carbons (Fsp3) is 0.250. The Kier molecular flexibility index (Phi) is 6.40. The first-order valence-electron chi connectivity index (χ1n) is 8.95. The number of hydrogen-bond acceptors (Lipinski definition) is 7. The first-order chi connectivity index (χ1) is 13.9. The molecule has 3 aromatic rings. The third-order valence-electron chi connectivity index (χ3n) is 4.28. The SMILES string of the molecule is COC(=O)c1ccc(-n2nncc2CCCOS(=O)(=O)c2ccc(C)cc2)cc1. The zero-order valence-electron chi connectivity index (χ0n) is 16.1. The second-order valence-corrected chi connectivity index (χ2v) is 7.98. The molecular weight excluding hydrogens is 394 g/mol. The third kappa shape index (κ3) is 5.07. The summed E-state index contributed by atoms with van der Waals surface area (Å²) in [6.07, 6.45) is 2.61. The summed E-state index contributed by atoms with van der Waals surface area (Å²) in [4.78, 5) is 11.7. The number of aromatic nitrogens is 3. The Labute approximate surface area is 169 Å². The van der Waals surface area contributed by atoms with Gasteiger partial charge in [-0.15, -0.1) is 5.10 Å². The lowest BCUT2D eigenvalue weighted by Crippen LogP contribution is -2.09. The van der Waals surface area contributed by atoms with Gasteiger partial charge in [-0.1, -0.05) is 22.9 Å². The Hall–Kier alpha value is -3.04. The van der Waals surface area contributed by atoms with Crippen LogP contribution in [0.25, 0.3) is 5.69 Å². The lowest BCUT2D eigenvalue weighted by atomic mass is 10.2. The van der Waals surface area contributed by atoms with Gasteiger partial charge in [0.25, 0.3) is 10.1 Å². The van der Waals surface area contributed by atoms with Crippen molar-refractivity contribution < 1.29 is 22.1 Å². The Morgan fingerprint density at radius 1 is 1.07 bits per heavy atom. The lowest BCUT2D eigenvalue weighted by Gasteiger charge is -2.08. The van der Waals surface area contributed by atoms with Gasteiger partial charge in [0, 0.05) is 0 Å². The summed E-state index contributed by atoms with van der Waals surface area (Å²) in [7, 11) is -2.45. The molecule has 0 bridgehead atoms. The summed E-state index contributed by atoms with van der Waals surface area (Å²) >= 11 is 0. The standard InChI is InChI=1S/C20H21N3O5S/c1-15-5-11-19(12-6-15)29(25,26)28-13-3-4-18-14-21-22-23(18)17-9-7-16(8-10-17)20(24)27-2/h5-12,14H,3-4,13H2,1-2H3. The van der Waals surface area contributed by atoms with Crippen molar-refractivity contribution in [2.45, 2.75) is 24.7 Å². The molecule has 1 aromatic heterocycles. The first-order valence-corrected chi connectivity index (χ1v) is 10.4. The molecule has 0 unspecified atom stereocenters. The third-order valence-corrected chi connectivity index (χ3v) is 5.60. The fourth-order valence-corrected chi connectivity index (χ4v) is 3.64. The van der Waals surface area contributed by atoms with Crippen molar-refractivity contribution >= 4 is 16.1 Å². The average Bonchev–Trinajstić information content (AvgIpc) is 3.19. The van der Waals surface area contributed by atoms with Gasteiger partial charge in [0.1, 0.15) is 0 Å². The van der Waals surface area contributed by atoms with E-state index in [1.807, 2.05) is 6.92 Å². The van der Waals surface area contributed by atoms with Crippen molar-refractivity contribution in [3.05, 3.63) is 71.5 Å². The molecule has 0 aliphatic heterocycles. The molecule has 0 aliphatic rings. The largest absolute Gasteiger partial charge is 0.465 e. The van der Waals surface area contributed by atoms with E-state index in [0.29, 0.717) is 18.4 Å². The smallest absolute Gasteiger partial charge is 0.337 e. The number of ether oxygens (including phenoxy) is 1. The molecule has 1 heterocycles. The summed E-state index contributed by atoms with van der Waals surface area (Å²) in [6.45, 7) is 1.93. The van der Waals surface area contributed by atoms with Gasteiger partial charge in [-0.3, -0.25) is 4.18 Å². The summed E-state index contributed by atoms with van der Waals surface area (Å²) in [6, 6.07) is 13.3. The Bertz CT molecular complexity index is 1070. The maximum absolute atomic E-state index is 12.2. The predicted molar refractivity (Wildman–Crippen MR) is 105 cm³/mol. The van der Waals surface area contributed by atoms with Gasteiger partial charge >= 0.3 is 5.97 Å². The minimum Gasteiger partial charge on any atom is -0.465 e. The topological polar surface area (TPSA) is 100 Å². The number of carbonyl (C=O) groups is 1. The zero-order chi connectivity index (χ0) is 20.9. The molecule has 8 nitrogen and oxygen atoms in total. The van der Waals surface area contributed by atoms with Crippen LogP contribution in [-0.2, 0) is 25.5 Å². The van der Waals surface area contributed by atoms with Crippen LogP contribution in [0.15, 0.2) is 59.6 Å². The number of rotatable bonds is 8. The Balaban J connectivity index is 1.59. The monoisotopic (exact) mass is 415 g/mol. The molecule has 29 heavy (non-hydrogen) atoms. The van der Waals surface area contributed by atoms with Crippen LogP contribution >= 0.6 is 0 Å². The zero-order valence-corrected chi connectivity index (χ0v) is 16.9. The number of carbonyl (C=O) groups excluding carboxylic acids is 1. The molecule has 152 valence electrons. The van der Waals surface area contributed by atoms with Crippen LogP contribution in [0.5, 0.6) is 0 Å². The minimum atomic E-state index is -3.78. The molecule has 9 heteroatoms. The van der Waals surface area contributed by atoms with Crippen LogP contribution in [0.3, 0.4) is 0 Å². The number of hydrogen-bond donors (Lipinski definition) is 0. The van der Waals surface area contributed by atoms with E-state index in [-0.39, 0.29) is 11.5 Å². The van der Waals surface area contributed by atoms with Gasteiger partial charge in [0.15, 0.2) is 0 Å². The summed E-state index contributed by atoms with van der Waals surface area (Å²) in [5.74, 6) is -0.415. The van der Waals surface area contributed by atoms with E-state index in [4.69, 9.17) is 4.18 Å². The molecular formula is C20H21N3O5S. The van der Waals surface area contributed by atoms with E-state index in [0.717, 1.165) is 16.9 Å². The maximum Gasteiger partial charge on any atom is 0.337 e. The highest BCUT2D eigenvalue weighted by atomic mass is 32.2. The Morgan fingerprint density at radius 3 is 2.41 bits per heavy atom. The van der Waals surface area contributed by atoms with Gasteiger partial charge in [-0.05, 0) is 56.2 Å². The molecule has 2 aromatic carbocycles. The number of methoxy groups -OCH3 is 1. The number of aryl methyl sites for hydroxylation is 2. The van der Waals surface area contributed by atoms with Gasteiger partial charge in [-0.25, -0.2) is 9.48 Å². The number of nitrogens with zero attached hydrogens (tertiary/aromatic N) is 3. The van der Waals surface area contributed by atoms with E-state index in [1.54, 1.807) is 47.3 Å². The molecule has 0 amide bonds. The fourth-order valence-electron chi connectivity index (χ4n) is 2.70. The highest BCUT2D eigenvalue weighted by molar-refractivity contribution is 7.86. The highest BCUT2D eigenvalue weighted by Gasteiger charge is 2.15. The predicted octanol–water partition coefficient (Wildman–Crippen LogP) is 2.70. The maximum atomic E-state index is 12.2. The van der Waals surface area contributed by atoms with Gasteiger partial charge < -0.3 is 4.74 Å². The van der Waals surface area contributed by atoms with Gasteiger partial charge in [-0.2, -0.15) is 8.42 Å². The number of esters is 1. The van der Waals surface area contributed by atoms with Crippen LogP contribution < -0.4 is 0 Å².